The largest absolute Gasteiger partial charge is 0.394 e. The van der Waals surface area contributed by atoms with E-state index in [0.29, 0.717) is 31.2 Å². The van der Waals surface area contributed by atoms with Crippen molar-refractivity contribution >= 4 is 17.3 Å². The number of carbonyl (C=O) groups is 1. The van der Waals surface area contributed by atoms with Gasteiger partial charge in [0.05, 0.1) is 0 Å². The molecule has 4 rings (SSSR count). The van der Waals surface area contributed by atoms with Crippen molar-refractivity contribution < 1.29 is 4.79 Å². The molecular weight excluding hydrogens is 354 g/mol. The summed E-state index contributed by atoms with van der Waals surface area (Å²) in [5.41, 5.74) is 8.52. The molecule has 1 fully saturated rings. The Morgan fingerprint density at radius 2 is 2.04 bits per heavy atom. The van der Waals surface area contributed by atoms with Crippen LogP contribution in [-0.4, -0.2) is 12.5 Å². The molecule has 2 aromatic carbocycles. The molecule has 2 aliphatic rings. The van der Waals surface area contributed by atoms with Crippen molar-refractivity contribution in [3.63, 3.8) is 0 Å². The third-order valence-electron chi connectivity index (χ3n) is 6.29. The minimum Gasteiger partial charge on any atom is -0.394 e. The van der Waals surface area contributed by atoms with Gasteiger partial charge < -0.3 is 16.0 Å². The lowest BCUT2D eigenvalue weighted by atomic mass is 9.82. The van der Waals surface area contributed by atoms with Gasteiger partial charge in [0, 0.05) is 25.6 Å². The molecule has 6 heteroatoms. The molecule has 1 aliphatic carbocycles. The highest BCUT2D eigenvalue weighted by atomic mass is 16.2. The number of hydrogen-bond acceptors (Lipinski definition) is 5. The fourth-order valence-electron chi connectivity index (χ4n) is 4.63. The maximum Gasteiger partial charge on any atom is 0.253 e. The molecule has 1 heterocycles. The first-order valence-corrected chi connectivity index (χ1v) is 10.2. The molecule has 0 radical (unpaired) electrons. The molecule has 2 unspecified atom stereocenters. The van der Waals surface area contributed by atoms with E-state index in [1.807, 2.05) is 4.90 Å². The quantitative estimate of drug-likeness (QED) is 0.789. The van der Waals surface area contributed by atoms with E-state index in [9.17, 15) is 14.4 Å². The molecule has 1 aliphatic heterocycles. The molecule has 3 N–H and O–H groups in total. The molecule has 0 aromatic heterocycles. The Morgan fingerprint density at radius 1 is 1.21 bits per heavy atom. The second-order valence-electron chi connectivity index (χ2n) is 8.38. The summed E-state index contributed by atoms with van der Waals surface area (Å²) >= 11 is 0. The topological polar surface area (TPSA) is 92.5 Å². The van der Waals surface area contributed by atoms with Crippen LogP contribution in [0.5, 0.6) is 0 Å². The average Bonchev–Trinajstić information content (AvgIpc) is 2.71. The Bertz CT molecular complexity index is 974. The summed E-state index contributed by atoms with van der Waals surface area (Å²) in [6.45, 7) is 3.97. The molecule has 0 saturated heterocycles. The molecule has 2 atom stereocenters. The van der Waals surface area contributed by atoms with Crippen molar-refractivity contribution in [2.45, 2.75) is 52.1 Å². The van der Waals surface area contributed by atoms with Crippen LogP contribution in [0.3, 0.4) is 0 Å². The summed E-state index contributed by atoms with van der Waals surface area (Å²) < 4.78 is 0. The van der Waals surface area contributed by atoms with Gasteiger partial charge in [-0.15, -0.1) is 0 Å². The van der Waals surface area contributed by atoms with Crippen LogP contribution in [0, 0.1) is 11.8 Å². The summed E-state index contributed by atoms with van der Waals surface area (Å²) in [5, 5.41) is 3.09. The van der Waals surface area contributed by atoms with E-state index >= 15 is 0 Å². The van der Waals surface area contributed by atoms with Gasteiger partial charge in [-0.05, 0) is 41.9 Å². The second kappa shape index (κ2) is 7.41. The van der Waals surface area contributed by atoms with Gasteiger partial charge in [0.2, 0.25) is 5.91 Å². The summed E-state index contributed by atoms with van der Waals surface area (Å²) in [5.74, 6) is 0.915. The van der Waals surface area contributed by atoms with E-state index in [0.717, 1.165) is 36.8 Å². The number of anilines is 2. The van der Waals surface area contributed by atoms with Gasteiger partial charge >= 0.3 is 0 Å². The van der Waals surface area contributed by atoms with Crippen LogP contribution in [0.1, 0.15) is 49.3 Å². The zero-order valence-electron chi connectivity index (χ0n) is 16.3. The van der Waals surface area contributed by atoms with Crippen LogP contribution in [0.4, 0.5) is 11.4 Å². The Morgan fingerprint density at radius 3 is 2.79 bits per heavy atom. The van der Waals surface area contributed by atoms with Gasteiger partial charge in [0.15, 0.2) is 0 Å². The van der Waals surface area contributed by atoms with E-state index in [1.54, 1.807) is 0 Å². The Balaban J connectivity index is 1.41. The van der Waals surface area contributed by atoms with Crippen molar-refractivity contribution in [1.29, 1.82) is 0 Å². The predicted octanol–water partition coefficient (Wildman–Crippen LogP) is 1.87. The summed E-state index contributed by atoms with van der Waals surface area (Å²) in [7, 11) is 0. The molecule has 148 valence electrons. The number of nitrogen functional groups attached to an aromatic ring is 1. The van der Waals surface area contributed by atoms with Crippen molar-refractivity contribution in [2.75, 3.05) is 17.2 Å². The Hall–Kier alpha value is -2.63. The SMILES string of the molecule is CC1CCCC(C(=O)NCc2ccc3c(c2)CN(c2c(N)c(=O)c2=O)CC3)C1. The number of fused-ring (bicyclic) bond motifs is 1. The number of rotatable bonds is 4. The van der Waals surface area contributed by atoms with Crippen molar-refractivity contribution in [2.24, 2.45) is 11.8 Å². The van der Waals surface area contributed by atoms with Crippen LogP contribution >= 0.6 is 0 Å². The van der Waals surface area contributed by atoms with Crippen molar-refractivity contribution in [1.82, 2.24) is 5.32 Å². The molecular formula is C22H27N3O3. The molecule has 28 heavy (non-hydrogen) atoms. The van der Waals surface area contributed by atoms with Gasteiger partial charge in [-0.1, -0.05) is 38.0 Å². The van der Waals surface area contributed by atoms with E-state index in [2.05, 4.69) is 30.4 Å². The van der Waals surface area contributed by atoms with Gasteiger partial charge in [-0.2, -0.15) is 0 Å². The molecule has 1 amide bonds. The normalized spacial score (nSPS) is 22.1. The number of amides is 1. The van der Waals surface area contributed by atoms with Crippen LogP contribution in [-0.2, 0) is 24.3 Å². The smallest absolute Gasteiger partial charge is 0.253 e. The van der Waals surface area contributed by atoms with Crippen LogP contribution in [0.2, 0.25) is 0 Å². The van der Waals surface area contributed by atoms with E-state index < -0.39 is 10.9 Å². The zero-order valence-corrected chi connectivity index (χ0v) is 16.3. The number of benzene rings is 1. The van der Waals surface area contributed by atoms with Gasteiger partial charge in [0.1, 0.15) is 11.4 Å². The highest BCUT2D eigenvalue weighted by Gasteiger charge is 2.27. The first-order chi connectivity index (χ1) is 13.4. The van der Waals surface area contributed by atoms with Crippen molar-refractivity contribution in [3.05, 3.63) is 55.3 Å². The molecule has 1 saturated carbocycles. The molecule has 6 nitrogen and oxygen atoms in total. The predicted molar refractivity (Wildman–Crippen MR) is 110 cm³/mol. The fourth-order valence-corrected chi connectivity index (χ4v) is 4.63. The minimum atomic E-state index is -0.575. The third kappa shape index (κ3) is 3.43. The number of hydrogen-bond donors (Lipinski definition) is 2. The van der Waals surface area contributed by atoms with E-state index in [1.165, 1.54) is 12.0 Å². The number of nitrogens with one attached hydrogen (secondary N) is 1. The van der Waals surface area contributed by atoms with E-state index in [-0.39, 0.29) is 17.5 Å². The highest BCUT2D eigenvalue weighted by Crippen LogP contribution is 2.29. The minimum absolute atomic E-state index is 0.0820. The third-order valence-corrected chi connectivity index (χ3v) is 6.29. The number of nitrogens with two attached hydrogens (primary N) is 1. The van der Waals surface area contributed by atoms with Gasteiger partial charge in [0.25, 0.3) is 10.9 Å². The summed E-state index contributed by atoms with van der Waals surface area (Å²) in [6.07, 6.45) is 5.13. The zero-order chi connectivity index (χ0) is 19.8. The van der Waals surface area contributed by atoms with Crippen molar-refractivity contribution in [3.8, 4) is 0 Å². The van der Waals surface area contributed by atoms with Crippen LogP contribution in [0.15, 0.2) is 27.8 Å². The highest BCUT2D eigenvalue weighted by molar-refractivity contribution is 5.78. The lowest BCUT2D eigenvalue weighted by Gasteiger charge is -2.32. The fraction of sp³-hybridized carbons (Fsp3) is 0.500. The maximum atomic E-state index is 12.5. The Labute approximate surface area is 164 Å². The van der Waals surface area contributed by atoms with E-state index in [4.69, 9.17) is 5.73 Å². The molecule has 2 aromatic rings. The number of carbonyl (C=O) groups excluding carboxylic acids is 1. The summed E-state index contributed by atoms with van der Waals surface area (Å²) in [4.78, 5) is 37.6. The maximum absolute atomic E-state index is 12.5. The lowest BCUT2D eigenvalue weighted by Crippen LogP contribution is -2.44. The van der Waals surface area contributed by atoms with Gasteiger partial charge in [-0.3, -0.25) is 14.4 Å². The first kappa shape index (κ1) is 18.7. The number of nitrogens with zero attached hydrogens (tertiary/aromatic N) is 1. The van der Waals surface area contributed by atoms with Gasteiger partial charge in [-0.25, -0.2) is 0 Å². The summed E-state index contributed by atoms with van der Waals surface area (Å²) in [6, 6.07) is 6.25. The first-order valence-electron chi connectivity index (χ1n) is 10.2. The van der Waals surface area contributed by atoms with Crippen LogP contribution < -0.4 is 26.8 Å². The average molecular weight is 381 g/mol. The van der Waals surface area contributed by atoms with Crippen LogP contribution in [0.25, 0.3) is 0 Å². The standard InChI is InChI=1S/C22H27N3O3/c1-13-3-2-4-16(9-13)22(28)24-11-14-5-6-15-7-8-25(12-17(15)10-14)19-18(23)20(26)21(19)27/h5-6,10,13,16H,2-4,7-9,11-12,23H2,1H3,(H,24,28). The monoisotopic (exact) mass is 381 g/mol. The lowest BCUT2D eigenvalue weighted by molar-refractivity contribution is -0.126. The molecule has 0 spiro atoms. The Kier molecular flexibility index (Phi) is 4.96. The molecule has 0 bridgehead atoms. The second-order valence-corrected chi connectivity index (χ2v) is 8.38.